The molecule has 31 heavy (non-hydrogen) atoms. The molecular formula is C21H22N4O5S. The topological polar surface area (TPSA) is 115 Å². The molecule has 162 valence electrons. The van der Waals surface area contributed by atoms with Crippen LogP contribution in [0, 0.1) is 6.92 Å². The summed E-state index contributed by atoms with van der Waals surface area (Å²) in [5, 5.41) is 2.66. The molecule has 1 fully saturated rings. The number of anilines is 1. The second-order valence-electron chi connectivity index (χ2n) is 7.36. The average Bonchev–Trinajstić information content (AvgIpc) is 3.49. The van der Waals surface area contributed by atoms with E-state index in [0.717, 1.165) is 12.8 Å². The van der Waals surface area contributed by atoms with E-state index in [9.17, 15) is 18.0 Å². The normalized spacial score (nSPS) is 14.6. The Labute approximate surface area is 179 Å². The van der Waals surface area contributed by atoms with Crippen molar-refractivity contribution in [1.29, 1.82) is 0 Å². The van der Waals surface area contributed by atoms with Crippen molar-refractivity contribution in [2.24, 2.45) is 7.05 Å². The number of hydrogen-bond acceptors (Lipinski definition) is 6. The van der Waals surface area contributed by atoms with E-state index in [1.165, 1.54) is 17.3 Å². The lowest BCUT2D eigenvalue weighted by Crippen LogP contribution is -2.28. The van der Waals surface area contributed by atoms with Gasteiger partial charge in [0.25, 0.3) is 5.91 Å². The molecule has 10 heteroatoms. The van der Waals surface area contributed by atoms with E-state index in [-0.39, 0.29) is 22.2 Å². The monoisotopic (exact) mass is 442 g/mol. The van der Waals surface area contributed by atoms with Gasteiger partial charge in [-0.25, -0.2) is 13.4 Å². The van der Waals surface area contributed by atoms with Crippen molar-refractivity contribution >= 4 is 27.4 Å². The lowest BCUT2D eigenvalue weighted by Gasteiger charge is -2.14. The summed E-state index contributed by atoms with van der Waals surface area (Å²) in [5.41, 5.74) is 0.875. The Morgan fingerprint density at radius 3 is 2.42 bits per heavy atom. The van der Waals surface area contributed by atoms with E-state index in [1.807, 2.05) is 0 Å². The zero-order valence-electron chi connectivity index (χ0n) is 17.2. The highest BCUT2D eigenvalue weighted by molar-refractivity contribution is 7.89. The van der Waals surface area contributed by atoms with Crippen LogP contribution in [0.3, 0.4) is 0 Å². The Morgan fingerprint density at radius 2 is 1.81 bits per heavy atom. The van der Waals surface area contributed by atoms with Crippen LogP contribution < -0.4 is 5.32 Å². The number of amides is 1. The van der Waals surface area contributed by atoms with Crippen LogP contribution in [0.4, 0.5) is 5.69 Å². The Kier molecular flexibility index (Phi) is 5.50. The molecule has 0 radical (unpaired) electrons. The summed E-state index contributed by atoms with van der Waals surface area (Å²) in [6, 6.07) is 7.61. The third kappa shape index (κ3) is 4.04. The maximum absolute atomic E-state index is 12.8. The first-order chi connectivity index (χ1) is 14.8. The number of furan rings is 1. The minimum atomic E-state index is -3.68. The third-order valence-corrected chi connectivity index (χ3v) is 7.21. The van der Waals surface area contributed by atoms with Gasteiger partial charge in [-0.3, -0.25) is 9.59 Å². The Bertz CT molecular complexity index is 1240. The van der Waals surface area contributed by atoms with E-state index < -0.39 is 15.9 Å². The highest BCUT2D eigenvalue weighted by Gasteiger charge is 2.31. The molecule has 0 saturated carbocycles. The minimum Gasteiger partial charge on any atom is -0.455 e. The summed E-state index contributed by atoms with van der Waals surface area (Å²) in [6.45, 7) is 2.47. The van der Waals surface area contributed by atoms with Gasteiger partial charge in [-0.05, 0) is 44.0 Å². The van der Waals surface area contributed by atoms with Crippen LogP contribution in [0.1, 0.15) is 45.3 Å². The molecule has 3 aromatic rings. The second kappa shape index (κ2) is 8.12. The van der Waals surface area contributed by atoms with E-state index >= 15 is 0 Å². The summed E-state index contributed by atoms with van der Waals surface area (Å²) in [7, 11) is -1.95. The number of imidazole rings is 1. The van der Waals surface area contributed by atoms with Crippen LogP contribution in [0.15, 0.2) is 52.0 Å². The summed E-state index contributed by atoms with van der Waals surface area (Å²) < 4.78 is 34.0. The first kappa shape index (κ1) is 21.0. The van der Waals surface area contributed by atoms with Crippen LogP contribution in [-0.4, -0.2) is 47.1 Å². The van der Waals surface area contributed by atoms with E-state index in [1.54, 1.807) is 48.3 Å². The van der Waals surface area contributed by atoms with Crippen molar-refractivity contribution in [3.05, 3.63) is 65.6 Å². The molecule has 0 aliphatic carbocycles. The van der Waals surface area contributed by atoms with Crippen LogP contribution >= 0.6 is 0 Å². The first-order valence-electron chi connectivity index (χ1n) is 9.81. The molecule has 0 atom stereocenters. The fourth-order valence-corrected chi connectivity index (χ4v) is 5.19. The van der Waals surface area contributed by atoms with Gasteiger partial charge in [-0.2, -0.15) is 4.31 Å². The van der Waals surface area contributed by atoms with Gasteiger partial charge in [-0.1, -0.05) is 0 Å². The number of aryl methyl sites for hydroxylation is 2. The maximum Gasteiger partial charge on any atom is 0.291 e. The van der Waals surface area contributed by atoms with Crippen molar-refractivity contribution in [3.63, 3.8) is 0 Å². The molecule has 3 heterocycles. The fourth-order valence-electron chi connectivity index (χ4n) is 3.51. The van der Waals surface area contributed by atoms with Crippen molar-refractivity contribution < 1.29 is 22.4 Å². The zero-order chi connectivity index (χ0) is 22.2. The fraction of sp³-hybridized carbons (Fsp3) is 0.286. The molecule has 1 aromatic carbocycles. The van der Waals surface area contributed by atoms with Crippen molar-refractivity contribution in [3.8, 4) is 0 Å². The maximum atomic E-state index is 12.8. The molecule has 1 amide bonds. The number of hydrogen-bond donors (Lipinski definition) is 1. The quantitative estimate of drug-likeness (QED) is 0.587. The SMILES string of the molecule is Cc1oc(C(=O)Nc2ccc(C(=O)c3nccn3C)cc2)cc1S(=O)(=O)N1CCCC1. The van der Waals surface area contributed by atoms with Gasteiger partial charge in [0.2, 0.25) is 15.8 Å². The first-order valence-corrected chi connectivity index (χ1v) is 11.3. The molecule has 0 unspecified atom stereocenters. The number of aromatic nitrogens is 2. The van der Waals surface area contributed by atoms with Crippen LogP contribution in [0.5, 0.6) is 0 Å². The second-order valence-corrected chi connectivity index (χ2v) is 9.27. The van der Waals surface area contributed by atoms with Crippen molar-refractivity contribution in [1.82, 2.24) is 13.9 Å². The molecule has 9 nitrogen and oxygen atoms in total. The highest BCUT2D eigenvalue weighted by atomic mass is 32.2. The smallest absolute Gasteiger partial charge is 0.291 e. The predicted octanol–water partition coefficient (Wildman–Crippen LogP) is 2.59. The standard InChI is InChI=1S/C21H22N4O5S/c1-14-18(31(28,29)25-10-3-4-11-25)13-17(30-14)21(27)23-16-7-5-15(6-8-16)19(26)20-22-9-12-24(20)2/h5-9,12-13H,3-4,10-11H2,1-2H3,(H,23,27). The predicted molar refractivity (Wildman–Crippen MR) is 112 cm³/mol. The number of ketones is 1. The molecule has 1 aliphatic heterocycles. The molecule has 0 bridgehead atoms. The number of carbonyl (C=O) groups is 2. The number of carbonyl (C=O) groups excluding carboxylic acids is 2. The lowest BCUT2D eigenvalue weighted by molar-refractivity contribution is 0.0994. The molecule has 4 rings (SSSR count). The molecule has 1 saturated heterocycles. The summed E-state index contributed by atoms with van der Waals surface area (Å²) in [6.07, 6.45) is 4.88. The minimum absolute atomic E-state index is 0.00978. The van der Waals surface area contributed by atoms with Crippen LogP contribution in [0.2, 0.25) is 0 Å². The summed E-state index contributed by atoms with van der Waals surface area (Å²) in [4.78, 5) is 29.1. The van der Waals surface area contributed by atoms with E-state index in [4.69, 9.17) is 4.42 Å². The van der Waals surface area contributed by atoms with E-state index in [0.29, 0.717) is 30.2 Å². The lowest BCUT2D eigenvalue weighted by atomic mass is 10.1. The molecule has 2 aromatic heterocycles. The molecule has 0 spiro atoms. The zero-order valence-corrected chi connectivity index (χ0v) is 18.0. The average molecular weight is 442 g/mol. The number of benzene rings is 1. The Morgan fingerprint density at radius 1 is 1.13 bits per heavy atom. The third-order valence-electron chi connectivity index (χ3n) is 5.21. The van der Waals surface area contributed by atoms with Crippen molar-refractivity contribution in [2.45, 2.75) is 24.7 Å². The van der Waals surface area contributed by atoms with Crippen LogP contribution in [-0.2, 0) is 17.1 Å². The molecule has 1 aliphatic rings. The largest absolute Gasteiger partial charge is 0.455 e. The van der Waals surface area contributed by atoms with Gasteiger partial charge in [0.1, 0.15) is 10.7 Å². The van der Waals surface area contributed by atoms with Crippen molar-refractivity contribution in [2.75, 3.05) is 18.4 Å². The van der Waals surface area contributed by atoms with Gasteiger partial charge in [0.15, 0.2) is 11.6 Å². The van der Waals surface area contributed by atoms with Gasteiger partial charge in [0.05, 0.1) is 0 Å². The number of sulfonamides is 1. The number of rotatable bonds is 6. The highest BCUT2D eigenvalue weighted by Crippen LogP contribution is 2.27. The van der Waals surface area contributed by atoms with Crippen LogP contribution in [0.25, 0.3) is 0 Å². The molecule has 1 N–H and O–H groups in total. The van der Waals surface area contributed by atoms with Gasteiger partial charge in [-0.15, -0.1) is 0 Å². The Balaban J connectivity index is 1.49. The molecular weight excluding hydrogens is 420 g/mol. The van der Waals surface area contributed by atoms with Gasteiger partial charge >= 0.3 is 0 Å². The van der Waals surface area contributed by atoms with Gasteiger partial charge in [0, 0.05) is 49.8 Å². The summed E-state index contributed by atoms with van der Waals surface area (Å²) in [5.74, 6) is -0.413. The number of nitrogens with one attached hydrogen (secondary N) is 1. The Hall–Kier alpha value is -3.24. The number of nitrogens with zero attached hydrogens (tertiary/aromatic N) is 3. The van der Waals surface area contributed by atoms with E-state index in [2.05, 4.69) is 10.3 Å². The summed E-state index contributed by atoms with van der Waals surface area (Å²) >= 11 is 0. The van der Waals surface area contributed by atoms with Gasteiger partial charge < -0.3 is 14.3 Å².